The van der Waals surface area contributed by atoms with Crippen LogP contribution in [0.25, 0.3) is 0 Å². The van der Waals surface area contributed by atoms with Crippen molar-refractivity contribution in [3.05, 3.63) is 59.2 Å². The van der Waals surface area contributed by atoms with Crippen molar-refractivity contribution in [3.63, 3.8) is 0 Å². The highest BCUT2D eigenvalue weighted by Crippen LogP contribution is 2.40. The number of rotatable bonds is 8. The lowest BCUT2D eigenvalue weighted by atomic mass is 10.2. The maximum atomic E-state index is 13.5. The van der Waals surface area contributed by atoms with Gasteiger partial charge in [-0.25, -0.2) is 8.78 Å². The van der Waals surface area contributed by atoms with Crippen molar-refractivity contribution in [2.75, 3.05) is 33.7 Å². The van der Waals surface area contributed by atoms with Crippen LogP contribution in [0, 0.1) is 11.6 Å². The highest BCUT2D eigenvalue weighted by molar-refractivity contribution is 6.74. The molecule has 0 atom stereocenters. The van der Waals surface area contributed by atoms with Gasteiger partial charge in [0.2, 0.25) is 8.32 Å². The summed E-state index contributed by atoms with van der Waals surface area (Å²) in [5.41, 5.74) is 0.823. The van der Waals surface area contributed by atoms with Crippen LogP contribution >= 0.6 is 0 Å². The minimum atomic E-state index is -1.98. The Balaban J connectivity index is 0.000000346. The number of halogens is 2. The van der Waals surface area contributed by atoms with Crippen LogP contribution in [0.15, 0.2) is 36.4 Å². The zero-order valence-electron chi connectivity index (χ0n) is 22.8. The molecule has 37 heavy (non-hydrogen) atoms. The van der Waals surface area contributed by atoms with Crippen molar-refractivity contribution in [2.24, 2.45) is 0 Å². The molecule has 0 unspecified atom stereocenters. The molecule has 1 fully saturated rings. The van der Waals surface area contributed by atoms with Crippen LogP contribution in [0.1, 0.15) is 56.3 Å². The molecule has 0 saturated carbocycles. The number of methoxy groups -OCH3 is 1. The number of hydrogen-bond acceptors (Lipinski definition) is 7. The summed E-state index contributed by atoms with van der Waals surface area (Å²) in [7, 11) is -0.517. The molecule has 0 aromatic heterocycles. The van der Waals surface area contributed by atoms with Gasteiger partial charge in [0.1, 0.15) is 23.1 Å². The summed E-state index contributed by atoms with van der Waals surface area (Å²) in [6.07, 6.45) is 0.888. The van der Waals surface area contributed by atoms with Gasteiger partial charge in [0.25, 0.3) is 0 Å². The molecule has 2 aromatic carbocycles. The van der Waals surface area contributed by atoms with Gasteiger partial charge in [-0.15, -0.1) is 0 Å². The third-order valence-corrected chi connectivity index (χ3v) is 10.0. The van der Waals surface area contributed by atoms with E-state index in [0.717, 1.165) is 12.5 Å². The summed E-state index contributed by atoms with van der Waals surface area (Å²) in [5, 5.41) is 7.95. The summed E-state index contributed by atoms with van der Waals surface area (Å²) >= 11 is 0. The molecule has 0 bridgehead atoms. The van der Waals surface area contributed by atoms with Crippen LogP contribution in [0.3, 0.4) is 0 Å². The van der Waals surface area contributed by atoms with Crippen molar-refractivity contribution < 1.29 is 42.1 Å². The van der Waals surface area contributed by atoms with Crippen LogP contribution in [-0.2, 0) is 14.2 Å². The van der Waals surface area contributed by atoms with Gasteiger partial charge >= 0.3 is 0 Å². The molecule has 208 valence electrons. The van der Waals surface area contributed by atoms with Gasteiger partial charge in [0, 0.05) is 13.7 Å². The van der Waals surface area contributed by atoms with Crippen LogP contribution < -0.4 is 9.16 Å². The summed E-state index contributed by atoms with van der Waals surface area (Å²) < 4.78 is 53.0. The normalized spacial score (nSPS) is 13.7. The summed E-state index contributed by atoms with van der Waals surface area (Å²) in [4.78, 5) is 10.5. The Bertz CT molecular complexity index is 956. The minimum absolute atomic E-state index is 0.0342. The molecule has 0 aliphatic carbocycles. The molecule has 0 radical (unpaired) electrons. The molecule has 1 heterocycles. The molecule has 1 aliphatic heterocycles. The number of carbonyl (C=O) groups is 1. The van der Waals surface area contributed by atoms with Crippen LogP contribution in [0.2, 0.25) is 18.1 Å². The Morgan fingerprint density at radius 2 is 1.59 bits per heavy atom. The number of benzene rings is 2. The van der Waals surface area contributed by atoms with Crippen molar-refractivity contribution in [2.45, 2.75) is 58.5 Å². The van der Waals surface area contributed by atoms with E-state index in [0.29, 0.717) is 43.2 Å². The second-order valence-electron chi connectivity index (χ2n) is 9.69. The van der Waals surface area contributed by atoms with Gasteiger partial charge < -0.3 is 28.5 Å². The monoisotopic (exact) mass is 542 g/mol. The SMILES string of the molecule is CC(C)(C)[Si](C)(C)Oc1ccc(F)cc1C1OCCO1.CCCO.COCOc1ccc(F)cc1C=O. The number of hydrogen-bond donors (Lipinski definition) is 1. The fourth-order valence-corrected chi connectivity index (χ4v) is 3.67. The van der Waals surface area contributed by atoms with E-state index in [1.165, 1.54) is 31.4 Å². The average Bonchev–Trinajstić information content (AvgIpc) is 3.39. The molecular formula is C27H40F2O7Si. The Morgan fingerprint density at radius 3 is 2.08 bits per heavy atom. The van der Waals surface area contributed by atoms with Crippen LogP contribution in [0.5, 0.6) is 11.5 Å². The summed E-state index contributed by atoms with van der Waals surface area (Å²) in [6, 6.07) is 8.25. The van der Waals surface area contributed by atoms with Gasteiger partial charge in [-0.05, 0) is 61.0 Å². The van der Waals surface area contributed by atoms with E-state index in [4.69, 9.17) is 23.7 Å². The number of aliphatic hydroxyl groups excluding tert-OH is 1. The molecule has 10 heteroatoms. The van der Waals surface area contributed by atoms with E-state index < -0.39 is 20.4 Å². The molecule has 1 N–H and O–H groups in total. The number of aliphatic hydroxyl groups is 1. The van der Waals surface area contributed by atoms with E-state index in [9.17, 15) is 13.6 Å². The second-order valence-corrected chi connectivity index (χ2v) is 14.4. The fraction of sp³-hybridized carbons (Fsp3) is 0.519. The van der Waals surface area contributed by atoms with Gasteiger partial charge in [-0.2, -0.15) is 0 Å². The maximum Gasteiger partial charge on any atom is 0.250 e. The quantitative estimate of drug-likeness (QED) is 0.239. The predicted octanol–water partition coefficient (Wildman–Crippen LogP) is 6.26. The largest absolute Gasteiger partial charge is 0.543 e. The lowest BCUT2D eigenvalue weighted by Gasteiger charge is -2.37. The number of aldehydes is 1. The Kier molecular flexibility index (Phi) is 13.9. The van der Waals surface area contributed by atoms with Crippen molar-refractivity contribution >= 4 is 14.6 Å². The molecule has 1 saturated heterocycles. The smallest absolute Gasteiger partial charge is 0.250 e. The van der Waals surface area contributed by atoms with Crippen molar-refractivity contribution in [1.82, 2.24) is 0 Å². The molecule has 2 aromatic rings. The third-order valence-electron chi connectivity index (χ3n) is 5.67. The van der Waals surface area contributed by atoms with Gasteiger partial charge in [-0.1, -0.05) is 27.7 Å². The first-order valence-electron chi connectivity index (χ1n) is 12.1. The Labute approximate surface area is 219 Å². The number of ether oxygens (including phenoxy) is 4. The van der Waals surface area contributed by atoms with Gasteiger partial charge in [0.05, 0.1) is 24.3 Å². The highest BCUT2D eigenvalue weighted by Gasteiger charge is 2.40. The predicted molar refractivity (Wildman–Crippen MR) is 141 cm³/mol. The third kappa shape index (κ3) is 10.9. The summed E-state index contributed by atoms with van der Waals surface area (Å²) in [5.74, 6) is 0.219. The van der Waals surface area contributed by atoms with Crippen LogP contribution in [-0.4, -0.2) is 53.4 Å². The van der Waals surface area contributed by atoms with E-state index in [1.807, 2.05) is 6.92 Å². The summed E-state index contributed by atoms with van der Waals surface area (Å²) in [6.45, 7) is 14.2. The van der Waals surface area contributed by atoms with E-state index in [2.05, 4.69) is 38.6 Å². The van der Waals surface area contributed by atoms with E-state index in [-0.39, 0.29) is 23.2 Å². The standard InChI is InChI=1S/C15H23FO3Si.C9H9FO3.C3H8O/c1-15(2,3)20(4,5)19-13-7-6-11(16)10-12(13)14-17-8-9-18-14;1-12-6-13-9-3-2-8(10)4-7(9)5-11;1-2-3-4/h6-7,10,14H,8-9H2,1-5H3;2-5H,6H2,1H3;4H,2-3H2,1H3. The molecule has 0 spiro atoms. The van der Waals surface area contributed by atoms with Crippen molar-refractivity contribution in [1.29, 1.82) is 0 Å². The van der Waals surface area contributed by atoms with Gasteiger partial charge in [-0.3, -0.25) is 4.79 Å². The average molecular weight is 543 g/mol. The fourth-order valence-electron chi connectivity index (χ4n) is 2.63. The highest BCUT2D eigenvalue weighted by atomic mass is 28.4. The lowest BCUT2D eigenvalue weighted by molar-refractivity contribution is -0.0452. The molecule has 1 aliphatic rings. The topological polar surface area (TPSA) is 83.5 Å². The zero-order valence-corrected chi connectivity index (χ0v) is 23.8. The Hall–Kier alpha value is -2.37. The van der Waals surface area contributed by atoms with E-state index in [1.54, 1.807) is 6.07 Å². The zero-order chi connectivity index (χ0) is 28.1. The van der Waals surface area contributed by atoms with E-state index >= 15 is 0 Å². The maximum absolute atomic E-state index is 13.5. The molecule has 7 nitrogen and oxygen atoms in total. The van der Waals surface area contributed by atoms with Gasteiger partial charge in [0.15, 0.2) is 19.4 Å². The van der Waals surface area contributed by atoms with Crippen LogP contribution in [0.4, 0.5) is 8.78 Å². The molecule has 3 rings (SSSR count). The first-order valence-corrected chi connectivity index (χ1v) is 15.0. The second kappa shape index (κ2) is 15.8. The number of carbonyl (C=O) groups excluding carboxylic acids is 1. The van der Waals surface area contributed by atoms with Crippen molar-refractivity contribution in [3.8, 4) is 11.5 Å². The first kappa shape index (κ1) is 32.7. The molecular weight excluding hydrogens is 502 g/mol. The first-order chi connectivity index (χ1) is 17.4. The molecule has 0 amide bonds. The Morgan fingerprint density at radius 1 is 1.05 bits per heavy atom. The minimum Gasteiger partial charge on any atom is -0.543 e. The lowest BCUT2D eigenvalue weighted by Crippen LogP contribution is -2.44.